The summed E-state index contributed by atoms with van der Waals surface area (Å²) >= 11 is 1.60. The quantitative estimate of drug-likeness (QED) is 0.803. The number of fused-ring (bicyclic) bond motifs is 1. The summed E-state index contributed by atoms with van der Waals surface area (Å²) in [5, 5.41) is 17.8. The molecule has 1 aromatic heterocycles. The van der Waals surface area contributed by atoms with E-state index < -0.39 is 5.97 Å². The molecule has 0 bridgehead atoms. The highest BCUT2D eigenvalue weighted by Crippen LogP contribution is 2.28. The van der Waals surface area contributed by atoms with E-state index in [-0.39, 0.29) is 18.6 Å². The van der Waals surface area contributed by atoms with Gasteiger partial charge in [-0.15, -0.1) is 11.3 Å². The lowest BCUT2D eigenvalue weighted by atomic mass is 10.1. The Morgan fingerprint density at radius 3 is 2.78 bits per heavy atom. The monoisotopic (exact) mass is 333 g/mol. The van der Waals surface area contributed by atoms with E-state index in [1.54, 1.807) is 11.3 Å². The number of urea groups is 1. The average molecular weight is 333 g/mol. The molecule has 2 heterocycles. The van der Waals surface area contributed by atoms with Crippen LogP contribution in [0, 0.1) is 0 Å². The van der Waals surface area contributed by atoms with Crippen LogP contribution in [-0.4, -0.2) is 47.7 Å². The van der Waals surface area contributed by atoms with E-state index in [4.69, 9.17) is 5.11 Å². The molecule has 1 saturated heterocycles. The summed E-state index contributed by atoms with van der Waals surface area (Å²) in [7, 11) is 0. The Kier molecular flexibility index (Phi) is 4.78. The second kappa shape index (κ2) is 6.97. The molecule has 1 aliphatic rings. The molecule has 6 nitrogen and oxygen atoms in total. The van der Waals surface area contributed by atoms with Gasteiger partial charge in [-0.1, -0.05) is 12.1 Å². The highest BCUT2D eigenvalue weighted by molar-refractivity contribution is 7.17. The standard InChI is InChI=1S/C16H19N3O3S/c20-14(21)10-19-7-4-12(5-8-19)17-16(22)18-13-3-1-2-11-6-9-23-15(11)13/h1-3,6,9,12H,4-5,7-8,10H2,(H,20,21)(H2,17,18,22). The Morgan fingerprint density at radius 2 is 2.04 bits per heavy atom. The number of carboxylic acids is 1. The number of rotatable bonds is 4. The van der Waals surface area contributed by atoms with Crippen molar-refractivity contribution >= 4 is 39.1 Å². The van der Waals surface area contributed by atoms with Crippen LogP contribution in [0.25, 0.3) is 10.1 Å². The zero-order chi connectivity index (χ0) is 16.2. The van der Waals surface area contributed by atoms with E-state index in [0.29, 0.717) is 13.1 Å². The van der Waals surface area contributed by atoms with Crippen LogP contribution >= 0.6 is 11.3 Å². The molecular weight excluding hydrogens is 314 g/mol. The summed E-state index contributed by atoms with van der Waals surface area (Å²) in [4.78, 5) is 24.8. The zero-order valence-electron chi connectivity index (χ0n) is 12.6. The van der Waals surface area contributed by atoms with Crippen LogP contribution in [0.3, 0.4) is 0 Å². The minimum Gasteiger partial charge on any atom is -0.480 e. The first-order valence-electron chi connectivity index (χ1n) is 7.60. The number of hydrogen-bond donors (Lipinski definition) is 3. The number of piperidine rings is 1. The lowest BCUT2D eigenvalue weighted by Gasteiger charge is -2.31. The smallest absolute Gasteiger partial charge is 0.319 e. The van der Waals surface area contributed by atoms with Crippen LogP contribution in [0.5, 0.6) is 0 Å². The van der Waals surface area contributed by atoms with Crippen molar-refractivity contribution in [3.8, 4) is 0 Å². The number of aliphatic carboxylic acids is 1. The minimum absolute atomic E-state index is 0.0687. The number of benzene rings is 1. The van der Waals surface area contributed by atoms with Crippen molar-refractivity contribution in [3.63, 3.8) is 0 Å². The Labute approximate surface area is 138 Å². The van der Waals surface area contributed by atoms with Gasteiger partial charge < -0.3 is 15.7 Å². The van der Waals surface area contributed by atoms with E-state index in [1.807, 2.05) is 34.5 Å². The van der Waals surface area contributed by atoms with Gasteiger partial charge in [-0.2, -0.15) is 0 Å². The van der Waals surface area contributed by atoms with Gasteiger partial charge in [0.05, 0.1) is 16.9 Å². The van der Waals surface area contributed by atoms with Gasteiger partial charge in [0.15, 0.2) is 0 Å². The van der Waals surface area contributed by atoms with Crippen molar-refractivity contribution < 1.29 is 14.7 Å². The van der Waals surface area contributed by atoms with Crippen molar-refractivity contribution in [3.05, 3.63) is 29.6 Å². The van der Waals surface area contributed by atoms with Gasteiger partial charge in [-0.25, -0.2) is 4.79 Å². The zero-order valence-corrected chi connectivity index (χ0v) is 13.4. The Bertz CT molecular complexity index is 707. The summed E-state index contributed by atoms with van der Waals surface area (Å²) in [6, 6.07) is 7.75. The third-order valence-corrected chi connectivity index (χ3v) is 4.97. The van der Waals surface area contributed by atoms with E-state index in [9.17, 15) is 9.59 Å². The van der Waals surface area contributed by atoms with Gasteiger partial charge in [0, 0.05) is 19.1 Å². The van der Waals surface area contributed by atoms with E-state index >= 15 is 0 Å². The second-order valence-electron chi connectivity index (χ2n) is 5.69. The first-order valence-corrected chi connectivity index (χ1v) is 8.47. The molecule has 2 amide bonds. The lowest BCUT2D eigenvalue weighted by Crippen LogP contribution is -2.47. The summed E-state index contributed by atoms with van der Waals surface area (Å²) in [6.07, 6.45) is 1.54. The topological polar surface area (TPSA) is 81.7 Å². The molecule has 0 unspecified atom stereocenters. The van der Waals surface area contributed by atoms with E-state index in [2.05, 4.69) is 10.6 Å². The van der Waals surface area contributed by atoms with Gasteiger partial charge in [-0.05, 0) is 35.7 Å². The molecule has 2 aromatic rings. The predicted molar refractivity (Wildman–Crippen MR) is 91.1 cm³/mol. The number of carbonyl (C=O) groups excluding carboxylic acids is 1. The number of anilines is 1. The molecule has 1 fully saturated rings. The molecule has 0 saturated carbocycles. The summed E-state index contributed by atoms with van der Waals surface area (Å²) in [5.74, 6) is -0.807. The van der Waals surface area contributed by atoms with Gasteiger partial charge in [0.2, 0.25) is 0 Å². The Morgan fingerprint density at radius 1 is 1.26 bits per heavy atom. The maximum absolute atomic E-state index is 12.2. The maximum Gasteiger partial charge on any atom is 0.319 e. The number of nitrogens with zero attached hydrogens (tertiary/aromatic N) is 1. The van der Waals surface area contributed by atoms with Crippen molar-refractivity contribution in [2.24, 2.45) is 0 Å². The van der Waals surface area contributed by atoms with Crippen LogP contribution < -0.4 is 10.6 Å². The number of amides is 2. The predicted octanol–water partition coefficient (Wildman–Crippen LogP) is 2.57. The van der Waals surface area contributed by atoms with Gasteiger partial charge in [0.1, 0.15) is 0 Å². The van der Waals surface area contributed by atoms with Crippen molar-refractivity contribution in [1.82, 2.24) is 10.2 Å². The molecule has 23 heavy (non-hydrogen) atoms. The number of likely N-dealkylation sites (tertiary alicyclic amines) is 1. The molecule has 0 atom stereocenters. The summed E-state index contributed by atoms with van der Waals surface area (Å²) in [5.41, 5.74) is 0.818. The van der Waals surface area contributed by atoms with Gasteiger partial charge in [-0.3, -0.25) is 9.69 Å². The molecule has 7 heteroatoms. The maximum atomic E-state index is 12.2. The van der Waals surface area contributed by atoms with Gasteiger partial charge in [0.25, 0.3) is 0 Å². The fraction of sp³-hybridized carbons (Fsp3) is 0.375. The largest absolute Gasteiger partial charge is 0.480 e. The van der Waals surface area contributed by atoms with Crippen LogP contribution in [-0.2, 0) is 4.79 Å². The molecule has 3 rings (SSSR count). The fourth-order valence-electron chi connectivity index (χ4n) is 2.86. The molecule has 1 aliphatic heterocycles. The lowest BCUT2D eigenvalue weighted by molar-refractivity contribution is -0.138. The minimum atomic E-state index is -0.807. The number of carbonyl (C=O) groups is 2. The second-order valence-corrected chi connectivity index (χ2v) is 6.60. The molecule has 1 aromatic carbocycles. The highest BCUT2D eigenvalue weighted by Gasteiger charge is 2.22. The summed E-state index contributed by atoms with van der Waals surface area (Å²) < 4.78 is 1.07. The van der Waals surface area contributed by atoms with Gasteiger partial charge >= 0.3 is 12.0 Å². The van der Waals surface area contributed by atoms with Crippen LogP contribution in [0.4, 0.5) is 10.5 Å². The first-order chi connectivity index (χ1) is 11.1. The van der Waals surface area contributed by atoms with Crippen LogP contribution in [0.15, 0.2) is 29.6 Å². The van der Waals surface area contributed by atoms with E-state index in [1.165, 1.54) is 0 Å². The molecule has 0 aliphatic carbocycles. The average Bonchev–Trinajstić information content (AvgIpc) is 2.98. The normalized spacial score (nSPS) is 16.3. The fourth-order valence-corrected chi connectivity index (χ4v) is 3.73. The SMILES string of the molecule is O=C(O)CN1CCC(NC(=O)Nc2cccc3ccsc23)CC1. The highest BCUT2D eigenvalue weighted by atomic mass is 32.1. The van der Waals surface area contributed by atoms with Crippen molar-refractivity contribution in [1.29, 1.82) is 0 Å². The number of hydrogen-bond acceptors (Lipinski definition) is 4. The number of carboxylic acid groups (broad SMARTS) is 1. The first kappa shape index (κ1) is 15.8. The third kappa shape index (κ3) is 4.00. The number of thiophene rings is 1. The molecule has 0 radical (unpaired) electrons. The number of nitrogens with one attached hydrogen (secondary N) is 2. The van der Waals surface area contributed by atoms with E-state index in [0.717, 1.165) is 28.6 Å². The Balaban J connectivity index is 1.52. The van der Waals surface area contributed by atoms with Crippen LogP contribution in [0.1, 0.15) is 12.8 Å². The Hall–Kier alpha value is -2.12. The molecular formula is C16H19N3O3S. The van der Waals surface area contributed by atoms with Crippen LogP contribution in [0.2, 0.25) is 0 Å². The van der Waals surface area contributed by atoms with Crippen molar-refractivity contribution in [2.45, 2.75) is 18.9 Å². The summed E-state index contributed by atoms with van der Waals surface area (Å²) in [6.45, 7) is 1.45. The molecule has 122 valence electrons. The van der Waals surface area contributed by atoms with Crippen molar-refractivity contribution in [2.75, 3.05) is 25.0 Å². The molecule has 0 spiro atoms. The molecule has 3 N–H and O–H groups in total. The third-order valence-electron chi connectivity index (χ3n) is 4.01.